The molecule has 92 valence electrons. The summed E-state index contributed by atoms with van der Waals surface area (Å²) in [5.74, 6) is 1.07. The van der Waals surface area contributed by atoms with Gasteiger partial charge >= 0.3 is 0 Å². The van der Waals surface area contributed by atoms with Gasteiger partial charge in [0.15, 0.2) is 5.78 Å². The van der Waals surface area contributed by atoms with Crippen molar-refractivity contribution in [2.45, 2.75) is 32.3 Å². The minimum Gasteiger partial charge on any atom is -0.486 e. The lowest BCUT2D eigenvalue weighted by molar-refractivity contribution is -0.124. The third-order valence-corrected chi connectivity index (χ3v) is 3.27. The molecule has 1 aromatic rings. The second-order valence-electron chi connectivity index (χ2n) is 4.54. The van der Waals surface area contributed by atoms with Gasteiger partial charge in [0.05, 0.1) is 6.61 Å². The van der Waals surface area contributed by atoms with Gasteiger partial charge in [-0.15, -0.1) is 0 Å². The molecule has 1 aromatic carbocycles. The highest BCUT2D eigenvalue weighted by Crippen LogP contribution is 2.25. The van der Waals surface area contributed by atoms with Gasteiger partial charge in [-0.1, -0.05) is 25.0 Å². The number of ketones is 1. The summed E-state index contributed by atoms with van der Waals surface area (Å²) in [5, 5.41) is 8.99. The third kappa shape index (κ3) is 3.30. The number of aliphatic hydroxyl groups is 1. The van der Waals surface area contributed by atoms with E-state index in [1.165, 1.54) is 0 Å². The molecule has 3 heteroatoms. The molecule has 0 amide bonds. The first kappa shape index (κ1) is 12.1. The highest BCUT2D eigenvalue weighted by molar-refractivity contribution is 5.82. The molecule has 0 saturated heterocycles. The van der Waals surface area contributed by atoms with Crippen molar-refractivity contribution >= 4 is 5.78 Å². The van der Waals surface area contributed by atoms with Crippen LogP contribution in [0.2, 0.25) is 0 Å². The molecule has 0 heterocycles. The third-order valence-electron chi connectivity index (χ3n) is 3.27. The zero-order valence-electron chi connectivity index (χ0n) is 9.89. The first-order valence-corrected chi connectivity index (χ1v) is 6.15. The van der Waals surface area contributed by atoms with E-state index in [9.17, 15) is 4.79 Å². The molecule has 0 aromatic heterocycles. The van der Waals surface area contributed by atoms with Gasteiger partial charge in [0.2, 0.25) is 0 Å². The van der Waals surface area contributed by atoms with E-state index in [1.54, 1.807) is 12.1 Å². The standard InChI is InChI=1S/C14H18O3/c15-9-11-4-3-7-13(8-11)17-10-14(16)12-5-1-2-6-12/h3-4,7-8,12,15H,1-2,5-6,9-10H2. The van der Waals surface area contributed by atoms with E-state index in [4.69, 9.17) is 9.84 Å². The zero-order chi connectivity index (χ0) is 12.1. The summed E-state index contributed by atoms with van der Waals surface area (Å²) < 4.78 is 5.46. The quantitative estimate of drug-likeness (QED) is 0.850. The van der Waals surface area contributed by atoms with E-state index in [-0.39, 0.29) is 24.9 Å². The Labute approximate surface area is 101 Å². The van der Waals surface area contributed by atoms with Crippen LogP contribution in [-0.4, -0.2) is 17.5 Å². The van der Waals surface area contributed by atoms with Crippen molar-refractivity contribution in [3.8, 4) is 5.75 Å². The Morgan fingerprint density at radius 3 is 2.82 bits per heavy atom. The number of Topliss-reactive ketones (excluding diaryl/α,β-unsaturated/α-hetero) is 1. The Bertz CT molecular complexity index is 381. The summed E-state index contributed by atoms with van der Waals surface area (Å²) in [6.45, 7) is 0.146. The normalized spacial score (nSPS) is 16.1. The van der Waals surface area contributed by atoms with Crippen molar-refractivity contribution in [3.63, 3.8) is 0 Å². The molecule has 1 N–H and O–H groups in total. The van der Waals surface area contributed by atoms with Crippen LogP contribution in [-0.2, 0) is 11.4 Å². The second-order valence-corrected chi connectivity index (χ2v) is 4.54. The van der Waals surface area contributed by atoms with Crippen LogP contribution in [0, 0.1) is 5.92 Å². The van der Waals surface area contributed by atoms with Crippen molar-refractivity contribution in [1.29, 1.82) is 0 Å². The molecule has 0 aliphatic heterocycles. The minimum absolute atomic E-state index is 0.00618. The predicted molar refractivity (Wildman–Crippen MR) is 64.8 cm³/mol. The molecule has 0 unspecified atom stereocenters. The Morgan fingerprint density at radius 2 is 2.12 bits per heavy atom. The zero-order valence-corrected chi connectivity index (χ0v) is 9.89. The van der Waals surface area contributed by atoms with Crippen molar-refractivity contribution < 1.29 is 14.6 Å². The Hall–Kier alpha value is -1.35. The van der Waals surface area contributed by atoms with Crippen molar-refractivity contribution in [2.75, 3.05) is 6.61 Å². The van der Waals surface area contributed by atoms with Gasteiger partial charge in [0.25, 0.3) is 0 Å². The van der Waals surface area contributed by atoms with Crippen molar-refractivity contribution in [2.24, 2.45) is 5.92 Å². The molecule has 0 bridgehead atoms. The van der Waals surface area contributed by atoms with E-state index in [2.05, 4.69) is 0 Å². The topological polar surface area (TPSA) is 46.5 Å². The van der Waals surface area contributed by atoms with Crippen LogP contribution in [0.3, 0.4) is 0 Å². The van der Waals surface area contributed by atoms with Crippen LogP contribution in [0.15, 0.2) is 24.3 Å². The number of benzene rings is 1. The molecular weight excluding hydrogens is 216 g/mol. The molecule has 2 rings (SSSR count). The smallest absolute Gasteiger partial charge is 0.173 e. The SMILES string of the molecule is O=C(COc1cccc(CO)c1)C1CCCC1. The molecule has 0 radical (unpaired) electrons. The second kappa shape index (κ2) is 5.82. The fourth-order valence-corrected chi connectivity index (χ4v) is 2.25. The van der Waals surface area contributed by atoms with E-state index >= 15 is 0 Å². The van der Waals surface area contributed by atoms with E-state index < -0.39 is 0 Å². The lowest BCUT2D eigenvalue weighted by atomic mass is 10.0. The fraction of sp³-hybridized carbons (Fsp3) is 0.500. The van der Waals surface area contributed by atoms with Crippen molar-refractivity contribution in [3.05, 3.63) is 29.8 Å². The summed E-state index contributed by atoms with van der Waals surface area (Å²) in [6, 6.07) is 7.22. The molecule has 1 aliphatic carbocycles. The van der Waals surface area contributed by atoms with Crippen LogP contribution >= 0.6 is 0 Å². The summed E-state index contributed by atoms with van der Waals surface area (Å²) in [5.41, 5.74) is 0.802. The first-order chi connectivity index (χ1) is 8.29. The molecular formula is C14H18O3. The summed E-state index contributed by atoms with van der Waals surface area (Å²) in [7, 11) is 0. The van der Waals surface area contributed by atoms with Crippen LogP contribution < -0.4 is 4.74 Å². The highest BCUT2D eigenvalue weighted by Gasteiger charge is 2.22. The summed E-state index contributed by atoms with van der Waals surface area (Å²) >= 11 is 0. The highest BCUT2D eigenvalue weighted by atomic mass is 16.5. The largest absolute Gasteiger partial charge is 0.486 e. The van der Waals surface area contributed by atoms with Gasteiger partial charge in [0, 0.05) is 5.92 Å². The molecule has 1 fully saturated rings. The number of aliphatic hydroxyl groups excluding tert-OH is 1. The Balaban J connectivity index is 1.86. The average Bonchev–Trinajstić information content (AvgIpc) is 2.90. The maximum atomic E-state index is 11.8. The van der Waals surface area contributed by atoms with E-state index in [1.807, 2.05) is 12.1 Å². The maximum absolute atomic E-state index is 11.8. The van der Waals surface area contributed by atoms with Gasteiger partial charge in [0.1, 0.15) is 12.4 Å². The summed E-state index contributed by atoms with van der Waals surface area (Å²) in [4.78, 5) is 11.8. The van der Waals surface area contributed by atoms with E-state index in [0.717, 1.165) is 31.2 Å². The molecule has 0 spiro atoms. The van der Waals surface area contributed by atoms with Gasteiger partial charge in [-0.25, -0.2) is 0 Å². The minimum atomic E-state index is -0.00618. The molecule has 1 aliphatic rings. The fourth-order valence-electron chi connectivity index (χ4n) is 2.25. The van der Waals surface area contributed by atoms with Crippen molar-refractivity contribution in [1.82, 2.24) is 0 Å². The Morgan fingerprint density at radius 1 is 1.35 bits per heavy atom. The number of carbonyl (C=O) groups is 1. The lowest BCUT2D eigenvalue weighted by Gasteiger charge is -2.10. The average molecular weight is 234 g/mol. The van der Waals surface area contributed by atoms with Crippen LogP contribution in [0.4, 0.5) is 0 Å². The number of rotatable bonds is 5. The molecule has 3 nitrogen and oxygen atoms in total. The Kier molecular flexibility index (Phi) is 4.15. The maximum Gasteiger partial charge on any atom is 0.173 e. The van der Waals surface area contributed by atoms with Crippen LogP contribution in [0.25, 0.3) is 0 Å². The molecule has 1 saturated carbocycles. The van der Waals surface area contributed by atoms with Gasteiger partial charge in [-0.3, -0.25) is 4.79 Å². The number of ether oxygens (including phenoxy) is 1. The van der Waals surface area contributed by atoms with Gasteiger partial charge < -0.3 is 9.84 Å². The molecule has 0 atom stereocenters. The number of carbonyl (C=O) groups excluding carboxylic acids is 1. The number of hydrogen-bond donors (Lipinski definition) is 1. The lowest BCUT2D eigenvalue weighted by Crippen LogP contribution is -2.19. The monoisotopic (exact) mass is 234 g/mol. The first-order valence-electron chi connectivity index (χ1n) is 6.15. The van der Waals surface area contributed by atoms with E-state index in [0.29, 0.717) is 5.75 Å². The summed E-state index contributed by atoms with van der Waals surface area (Å²) in [6.07, 6.45) is 4.35. The predicted octanol–water partition coefficient (Wildman–Crippen LogP) is 2.32. The van der Waals surface area contributed by atoms with Gasteiger partial charge in [-0.2, -0.15) is 0 Å². The number of hydrogen-bond acceptors (Lipinski definition) is 3. The van der Waals surface area contributed by atoms with Gasteiger partial charge in [-0.05, 0) is 30.5 Å². The molecule has 17 heavy (non-hydrogen) atoms. The van der Waals surface area contributed by atoms with Crippen LogP contribution in [0.5, 0.6) is 5.75 Å². The van der Waals surface area contributed by atoms with Crippen LogP contribution in [0.1, 0.15) is 31.2 Å².